The maximum Gasteiger partial charge on any atom is 0.162 e. The zero-order valence-corrected chi connectivity index (χ0v) is 16.4. The quantitative estimate of drug-likeness (QED) is 0.491. The molecule has 0 radical (unpaired) electrons. The molecule has 2 aromatic heterocycles. The molecule has 0 saturated carbocycles. The van der Waals surface area contributed by atoms with Crippen molar-refractivity contribution >= 4 is 16.7 Å². The fraction of sp³-hybridized carbons (Fsp3) is 0.240. The van der Waals surface area contributed by atoms with Crippen LogP contribution in [0.1, 0.15) is 18.4 Å². The van der Waals surface area contributed by atoms with Crippen LogP contribution in [0, 0.1) is 5.92 Å². The minimum Gasteiger partial charge on any atom is -0.356 e. The van der Waals surface area contributed by atoms with Crippen molar-refractivity contribution in [1.82, 2.24) is 15.0 Å². The van der Waals surface area contributed by atoms with Gasteiger partial charge in [-0.15, -0.1) is 0 Å². The Morgan fingerprint density at radius 2 is 1.52 bits per heavy atom. The highest BCUT2D eigenvalue weighted by molar-refractivity contribution is 5.91. The van der Waals surface area contributed by atoms with Crippen LogP contribution in [0.5, 0.6) is 0 Å². The van der Waals surface area contributed by atoms with Gasteiger partial charge in [0.15, 0.2) is 5.82 Å². The molecule has 0 amide bonds. The maximum absolute atomic E-state index is 5.01. The minimum atomic E-state index is 0.718. The summed E-state index contributed by atoms with van der Waals surface area (Å²) in [4.78, 5) is 16.4. The second-order valence-corrected chi connectivity index (χ2v) is 7.74. The van der Waals surface area contributed by atoms with E-state index in [-0.39, 0.29) is 0 Å². The van der Waals surface area contributed by atoms with Crippen molar-refractivity contribution in [2.24, 2.45) is 5.92 Å². The Kier molecular flexibility index (Phi) is 4.91. The van der Waals surface area contributed by atoms with Crippen LogP contribution in [0.15, 0.2) is 79.1 Å². The molecular formula is C25H24N4. The Morgan fingerprint density at radius 1 is 0.793 bits per heavy atom. The van der Waals surface area contributed by atoms with E-state index in [9.17, 15) is 0 Å². The number of aromatic nitrogens is 3. The largest absolute Gasteiger partial charge is 0.356 e. The van der Waals surface area contributed by atoms with Gasteiger partial charge in [-0.2, -0.15) is 0 Å². The molecule has 4 nitrogen and oxygen atoms in total. The van der Waals surface area contributed by atoms with Gasteiger partial charge in [-0.25, -0.2) is 9.97 Å². The first-order chi connectivity index (χ1) is 14.4. The van der Waals surface area contributed by atoms with Gasteiger partial charge in [-0.1, -0.05) is 42.5 Å². The van der Waals surface area contributed by atoms with E-state index in [1.807, 2.05) is 30.6 Å². The monoisotopic (exact) mass is 380 g/mol. The van der Waals surface area contributed by atoms with Crippen molar-refractivity contribution in [3.8, 4) is 11.4 Å². The molecule has 0 aliphatic carbocycles. The van der Waals surface area contributed by atoms with Gasteiger partial charge in [0, 0.05) is 36.4 Å². The molecule has 0 unspecified atom stereocenters. The highest BCUT2D eigenvalue weighted by Gasteiger charge is 2.22. The summed E-state index contributed by atoms with van der Waals surface area (Å²) in [5.41, 5.74) is 3.46. The van der Waals surface area contributed by atoms with Crippen molar-refractivity contribution < 1.29 is 0 Å². The molecule has 3 heterocycles. The molecule has 0 bridgehead atoms. The predicted molar refractivity (Wildman–Crippen MR) is 118 cm³/mol. The van der Waals surface area contributed by atoms with Crippen molar-refractivity contribution in [2.75, 3.05) is 18.0 Å². The van der Waals surface area contributed by atoms with Crippen molar-refractivity contribution in [3.05, 3.63) is 84.7 Å². The number of hydrogen-bond donors (Lipinski definition) is 0. The fourth-order valence-electron chi connectivity index (χ4n) is 4.22. The molecule has 0 atom stereocenters. The molecule has 4 heteroatoms. The predicted octanol–water partition coefficient (Wildman–Crippen LogP) is 5.15. The number of rotatable bonds is 4. The lowest BCUT2D eigenvalue weighted by Gasteiger charge is -2.33. The number of piperidine rings is 1. The van der Waals surface area contributed by atoms with Crippen LogP contribution in [0.25, 0.3) is 22.3 Å². The van der Waals surface area contributed by atoms with Crippen LogP contribution in [-0.2, 0) is 6.42 Å². The number of anilines is 1. The summed E-state index contributed by atoms with van der Waals surface area (Å²) in [5, 5.41) is 1.14. The molecule has 144 valence electrons. The highest BCUT2D eigenvalue weighted by atomic mass is 15.2. The summed E-state index contributed by atoms with van der Waals surface area (Å²) in [6, 6.07) is 22.9. The van der Waals surface area contributed by atoms with Gasteiger partial charge in [0.1, 0.15) is 5.82 Å². The van der Waals surface area contributed by atoms with Gasteiger partial charge >= 0.3 is 0 Å². The summed E-state index contributed by atoms with van der Waals surface area (Å²) in [6.07, 6.45) is 7.28. The van der Waals surface area contributed by atoms with Crippen LogP contribution in [0.3, 0.4) is 0 Å². The normalized spacial score (nSPS) is 15.0. The summed E-state index contributed by atoms with van der Waals surface area (Å²) >= 11 is 0. The van der Waals surface area contributed by atoms with Crippen LogP contribution >= 0.6 is 0 Å². The summed E-state index contributed by atoms with van der Waals surface area (Å²) in [7, 11) is 0. The molecule has 29 heavy (non-hydrogen) atoms. The zero-order chi connectivity index (χ0) is 19.5. The highest BCUT2D eigenvalue weighted by Crippen LogP contribution is 2.31. The van der Waals surface area contributed by atoms with Gasteiger partial charge in [0.25, 0.3) is 0 Å². The second kappa shape index (κ2) is 8.00. The van der Waals surface area contributed by atoms with E-state index in [1.165, 1.54) is 18.4 Å². The van der Waals surface area contributed by atoms with Crippen LogP contribution < -0.4 is 4.90 Å². The molecule has 5 rings (SSSR count). The maximum atomic E-state index is 5.01. The van der Waals surface area contributed by atoms with E-state index in [0.717, 1.165) is 53.5 Å². The van der Waals surface area contributed by atoms with Gasteiger partial charge in [-0.3, -0.25) is 4.98 Å². The molecule has 1 saturated heterocycles. The SMILES string of the molecule is c1ccc(-c2nc(N3CCC(Cc4ccncc4)CC3)c3ccccc3n2)cc1. The summed E-state index contributed by atoms with van der Waals surface area (Å²) in [5.74, 6) is 2.59. The summed E-state index contributed by atoms with van der Waals surface area (Å²) < 4.78 is 0. The molecule has 1 aliphatic rings. The third-order valence-electron chi connectivity index (χ3n) is 5.80. The number of pyridine rings is 1. The standard InChI is InChI=1S/C25H24N4/c1-2-6-21(7-3-1)24-27-23-9-5-4-8-22(23)25(28-24)29-16-12-20(13-17-29)18-19-10-14-26-15-11-19/h1-11,14-15,20H,12-13,16-18H2. The van der Waals surface area contributed by atoms with E-state index >= 15 is 0 Å². The first-order valence-corrected chi connectivity index (χ1v) is 10.3. The molecule has 4 aromatic rings. The van der Waals surface area contributed by atoms with E-state index in [4.69, 9.17) is 9.97 Å². The fourth-order valence-corrected chi connectivity index (χ4v) is 4.22. The van der Waals surface area contributed by atoms with Gasteiger partial charge in [-0.05, 0) is 55.0 Å². The van der Waals surface area contributed by atoms with E-state index in [1.54, 1.807) is 0 Å². The lowest BCUT2D eigenvalue weighted by atomic mass is 9.90. The number of hydrogen-bond acceptors (Lipinski definition) is 4. The summed E-state index contributed by atoms with van der Waals surface area (Å²) in [6.45, 7) is 2.07. The average molecular weight is 380 g/mol. The third-order valence-corrected chi connectivity index (χ3v) is 5.80. The van der Waals surface area contributed by atoms with E-state index in [2.05, 4.69) is 58.4 Å². The second-order valence-electron chi connectivity index (χ2n) is 7.74. The van der Waals surface area contributed by atoms with Crippen LogP contribution in [0.2, 0.25) is 0 Å². The lowest BCUT2D eigenvalue weighted by molar-refractivity contribution is 0.402. The molecule has 2 aromatic carbocycles. The van der Waals surface area contributed by atoms with Crippen molar-refractivity contribution in [1.29, 1.82) is 0 Å². The Morgan fingerprint density at radius 3 is 2.31 bits per heavy atom. The average Bonchev–Trinajstić information content (AvgIpc) is 2.80. The van der Waals surface area contributed by atoms with Gasteiger partial charge < -0.3 is 4.90 Å². The smallest absolute Gasteiger partial charge is 0.162 e. The topological polar surface area (TPSA) is 41.9 Å². The number of para-hydroxylation sites is 1. The molecule has 1 fully saturated rings. The molecule has 1 aliphatic heterocycles. The van der Waals surface area contributed by atoms with Crippen molar-refractivity contribution in [2.45, 2.75) is 19.3 Å². The van der Waals surface area contributed by atoms with Gasteiger partial charge in [0.2, 0.25) is 0 Å². The number of nitrogens with zero attached hydrogens (tertiary/aromatic N) is 4. The van der Waals surface area contributed by atoms with Gasteiger partial charge in [0.05, 0.1) is 5.52 Å². The Balaban J connectivity index is 1.41. The number of fused-ring (bicyclic) bond motifs is 1. The third kappa shape index (κ3) is 3.83. The van der Waals surface area contributed by atoms with Crippen LogP contribution in [-0.4, -0.2) is 28.0 Å². The van der Waals surface area contributed by atoms with E-state index < -0.39 is 0 Å². The first-order valence-electron chi connectivity index (χ1n) is 10.3. The first kappa shape index (κ1) is 17.8. The minimum absolute atomic E-state index is 0.718. The molecule has 0 spiro atoms. The van der Waals surface area contributed by atoms with Crippen molar-refractivity contribution in [3.63, 3.8) is 0 Å². The molecule has 0 N–H and O–H groups in total. The Labute approximate surface area is 171 Å². The van der Waals surface area contributed by atoms with E-state index in [0.29, 0.717) is 0 Å². The number of benzene rings is 2. The zero-order valence-electron chi connectivity index (χ0n) is 16.4. The molecular weight excluding hydrogens is 356 g/mol. The van der Waals surface area contributed by atoms with Crippen LogP contribution in [0.4, 0.5) is 5.82 Å². The Hall–Kier alpha value is -3.27. The Bertz CT molecular complexity index is 1090. The lowest BCUT2D eigenvalue weighted by Crippen LogP contribution is -2.35.